The fraction of sp³-hybridized carbons (Fsp3) is 0.364. The zero-order chi connectivity index (χ0) is 13.0. The number of hydrogen-bond donors (Lipinski definition) is 1. The number of hydrogen-bond acceptors (Lipinski definition) is 4. The van der Waals surface area contributed by atoms with Gasteiger partial charge in [0.1, 0.15) is 0 Å². The highest BCUT2D eigenvalue weighted by Gasteiger charge is 2.13. The Balaban J connectivity index is 2.68. The van der Waals surface area contributed by atoms with E-state index in [1.807, 2.05) is 13.8 Å². The Morgan fingerprint density at radius 3 is 2.76 bits per heavy atom. The third-order valence-corrected chi connectivity index (χ3v) is 2.11. The van der Waals surface area contributed by atoms with E-state index in [1.165, 1.54) is 0 Å². The SMILES string of the molecule is CC(C)COC(=O)Oc1cc(N)c(Cl)cc1F. The number of carbonyl (C=O) groups excluding carboxylic acids is 1. The summed E-state index contributed by atoms with van der Waals surface area (Å²) in [5.74, 6) is -0.908. The average Bonchev–Trinajstić information content (AvgIpc) is 2.23. The first-order valence-corrected chi connectivity index (χ1v) is 5.37. The monoisotopic (exact) mass is 261 g/mol. The van der Waals surface area contributed by atoms with Crippen LogP contribution in [-0.4, -0.2) is 12.8 Å². The number of halogens is 2. The van der Waals surface area contributed by atoms with Gasteiger partial charge in [0.15, 0.2) is 11.6 Å². The molecule has 6 heteroatoms. The zero-order valence-electron chi connectivity index (χ0n) is 9.50. The van der Waals surface area contributed by atoms with Gasteiger partial charge in [-0.05, 0) is 12.0 Å². The van der Waals surface area contributed by atoms with Crippen LogP contribution >= 0.6 is 11.6 Å². The largest absolute Gasteiger partial charge is 0.513 e. The van der Waals surface area contributed by atoms with Crippen molar-refractivity contribution < 1.29 is 18.7 Å². The normalized spacial score (nSPS) is 10.4. The van der Waals surface area contributed by atoms with Crippen LogP contribution in [0.2, 0.25) is 5.02 Å². The maximum absolute atomic E-state index is 13.3. The molecule has 0 amide bonds. The Morgan fingerprint density at radius 2 is 2.18 bits per heavy atom. The second-order valence-corrected chi connectivity index (χ2v) is 4.27. The Kier molecular flexibility index (Phi) is 4.57. The van der Waals surface area contributed by atoms with E-state index in [9.17, 15) is 9.18 Å². The van der Waals surface area contributed by atoms with Crippen LogP contribution in [0.5, 0.6) is 5.75 Å². The summed E-state index contributed by atoms with van der Waals surface area (Å²) in [4.78, 5) is 11.2. The number of nitrogens with two attached hydrogens (primary N) is 1. The second-order valence-electron chi connectivity index (χ2n) is 3.86. The molecule has 0 heterocycles. The van der Waals surface area contributed by atoms with E-state index in [2.05, 4.69) is 4.74 Å². The Bertz CT molecular complexity index is 423. The average molecular weight is 262 g/mol. The minimum atomic E-state index is -0.973. The number of nitrogen functional groups attached to an aromatic ring is 1. The van der Waals surface area contributed by atoms with Crippen LogP contribution in [0.3, 0.4) is 0 Å². The van der Waals surface area contributed by atoms with Gasteiger partial charge >= 0.3 is 6.16 Å². The summed E-state index contributed by atoms with van der Waals surface area (Å²) in [5, 5.41) is 0.0606. The van der Waals surface area contributed by atoms with Gasteiger partial charge in [0.25, 0.3) is 0 Å². The van der Waals surface area contributed by atoms with Crippen LogP contribution in [0.4, 0.5) is 14.9 Å². The van der Waals surface area contributed by atoms with Crippen molar-refractivity contribution in [2.24, 2.45) is 5.92 Å². The van der Waals surface area contributed by atoms with Crippen LogP contribution in [0.25, 0.3) is 0 Å². The standard InChI is InChI=1S/C11H13ClFNO3/c1-6(2)5-16-11(15)17-10-4-9(14)7(12)3-8(10)13/h3-4,6H,5,14H2,1-2H3. The molecule has 17 heavy (non-hydrogen) atoms. The molecule has 1 aromatic carbocycles. The lowest BCUT2D eigenvalue weighted by molar-refractivity contribution is 0.0872. The van der Waals surface area contributed by atoms with Gasteiger partial charge in [-0.1, -0.05) is 25.4 Å². The van der Waals surface area contributed by atoms with Crippen molar-refractivity contribution in [3.05, 3.63) is 23.0 Å². The van der Waals surface area contributed by atoms with E-state index in [0.29, 0.717) is 0 Å². The van der Waals surface area contributed by atoms with Gasteiger partial charge in [-0.2, -0.15) is 0 Å². The van der Waals surface area contributed by atoms with Gasteiger partial charge in [0.2, 0.25) is 0 Å². The van der Waals surface area contributed by atoms with Crippen molar-refractivity contribution in [2.75, 3.05) is 12.3 Å². The summed E-state index contributed by atoms with van der Waals surface area (Å²) in [7, 11) is 0. The molecule has 94 valence electrons. The minimum absolute atomic E-state index is 0.0606. The molecule has 0 spiro atoms. The van der Waals surface area contributed by atoms with Gasteiger partial charge in [0, 0.05) is 6.07 Å². The molecule has 0 radical (unpaired) electrons. The molecular formula is C11H13ClFNO3. The lowest BCUT2D eigenvalue weighted by Gasteiger charge is -2.09. The smallest absolute Gasteiger partial charge is 0.434 e. The molecule has 0 bridgehead atoms. The van der Waals surface area contributed by atoms with Crippen molar-refractivity contribution in [3.8, 4) is 5.75 Å². The predicted molar refractivity (Wildman–Crippen MR) is 62.6 cm³/mol. The predicted octanol–water partition coefficient (Wildman–Crippen LogP) is 3.23. The minimum Gasteiger partial charge on any atom is -0.434 e. The maximum Gasteiger partial charge on any atom is 0.513 e. The van der Waals surface area contributed by atoms with E-state index >= 15 is 0 Å². The summed E-state index contributed by atoms with van der Waals surface area (Å²) in [6.45, 7) is 3.94. The van der Waals surface area contributed by atoms with E-state index in [0.717, 1.165) is 12.1 Å². The first-order valence-electron chi connectivity index (χ1n) is 4.99. The first-order chi connectivity index (χ1) is 7.90. The number of carbonyl (C=O) groups is 1. The first kappa shape index (κ1) is 13.6. The molecule has 0 unspecified atom stereocenters. The van der Waals surface area contributed by atoms with Gasteiger partial charge < -0.3 is 15.2 Å². The van der Waals surface area contributed by atoms with Crippen LogP contribution in [0.1, 0.15) is 13.8 Å². The highest BCUT2D eigenvalue weighted by Crippen LogP contribution is 2.27. The van der Waals surface area contributed by atoms with Gasteiger partial charge in [-0.15, -0.1) is 0 Å². The van der Waals surface area contributed by atoms with Crippen molar-refractivity contribution in [1.82, 2.24) is 0 Å². The molecule has 0 saturated carbocycles. The van der Waals surface area contributed by atoms with E-state index in [4.69, 9.17) is 22.1 Å². The van der Waals surface area contributed by atoms with Crippen LogP contribution in [0, 0.1) is 11.7 Å². The lowest BCUT2D eigenvalue weighted by atomic mass is 10.2. The molecule has 1 rings (SSSR count). The molecule has 1 aromatic rings. The summed E-state index contributed by atoms with van der Waals surface area (Å²) >= 11 is 5.59. The summed E-state index contributed by atoms with van der Waals surface area (Å²) in [6, 6.07) is 2.11. The van der Waals surface area contributed by atoms with Gasteiger partial charge in [-0.3, -0.25) is 0 Å². The molecule has 0 aliphatic rings. The lowest BCUT2D eigenvalue weighted by Crippen LogP contribution is -2.15. The van der Waals surface area contributed by atoms with Gasteiger partial charge in [0.05, 0.1) is 17.3 Å². The van der Waals surface area contributed by atoms with E-state index in [-0.39, 0.29) is 29.0 Å². The van der Waals surface area contributed by atoms with E-state index in [1.54, 1.807) is 0 Å². The fourth-order valence-electron chi connectivity index (χ4n) is 0.977. The van der Waals surface area contributed by atoms with Crippen molar-refractivity contribution in [3.63, 3.8) is 0 Å². The Labute approximate surface area is 103 Å². The summed E-state index contributed by atoms with van der Waals surface area (Å²) in [6.07, 6.45) is -0.973. The van der Waals surface area contributed by atoms with E-state index < -0.39 is 12.0 Å². The van der Waals surface area contributed by atoms with Gasteiger partial charge in [-0.25, -0.2) is 9.18 Å². The second kappa shape index (κ2) is 5.72. The van der Waals surface area contributed by atoms with Crippen molar-refractivity contribution in [2.45, 2.75) is 13.8 Å². The summed E-state index contributed by atoms with van der Waals surface area (Å²) < 4.78 is 22.7. The quantitative estimate of drug-likeness (QED) is 0.515. The third-order valence-electron chi connectivity index (χ3n) is 1.78. The molecule has 2 N–H and O–H groups in total. The molecule has 0 fully saturated rings. The van der Waals surface area contributed by atoms with Crippen LogP contribution in [-0.2, 0) is 4.74 Å². The molecule has 0 aliphatic heterocycles. The highest BCUT2D eigenvalue weighted by molar-refractivity contribution is 6.33. The number of benzene rings is 1. The molecule has 0 aliphatic carbocycles. The number of anilines is 1. The molecule has 0 aromatic heterocycles. The maximum atomic E-state index is 13.3. The number of ether oxygens (including phenoxy) is 2. The van der Waals surface area contributed by atoms with Crippen LogP contribution < -0.4 is 10.5 Å². The molecule has 0 saturated heterocycles. The third kappa shape index (κ3) is 4.11. The molecular weight excluding hydrogens is 249 g/mol. The van der Waals surface area contributed by atoms with Crippen LogP contribution in [0.15, 0.2) is 12.1 Å². The molecule has 0 atom stereocenters. The fourth-order valence-corrected chi connectivity index (χ4v) is 1.13. The van der Waals surface area contributed by atoms with Crippen molar-refractivity contribution >= 4 is 23.4 Å². The number of rotatable bonds is 3. The zero-order valence-corrected chi connectivity index (χ0v) is 10.3. The Hall–Kier alpha value is -1.49. The summed E-state index contributed by atoms with van der Waals surface area (Å²) in [5.41, 5.74) is 5.58. The Morgan fingerprint density at radius 1 is 1.53 bits per heavy atom. The van der Waals surface area contributed by atoms with Crippen molar-refractivity contribution in [1.29, 1.82) is 0 Å². The topological polar surface area (TPSA) is 61.5 Å². The highest BCUT2D eigenvalue weighted by atomic mass is 35.5. The molecule has 4 nitrogen and oxygen atoms in total.